The van der Waals surface area contributed by atoms with Crippen LogP contribution in [-0.4, -0.2) is 33.0 Å². The maximum Gasteiger partial charge on any atom is 0.239 e. The number of thioether (sulfide) groups is 1. The average Bonchev–Trinajstić information content (AvgIpc) is 3.02. The molecule has 0 bridgehead atoms. The van der Waals surface area contributed by atoms with Gasteiger partial charge in [0.1, 0.15) is 5.01 Å². The molecule has 1 aromatic heterocycles. The molecule has 0 aliphatic rings. The molecule has 1 unspecified atom stereocenters. The molecule has 1 heterocycles. The lowest BCUT2D eigenvalue weighted by Crippen LogP contribution is -2.25. The zero-order valence-corrected chi connectivity index (χ0v) is 15.5. The topological polar surface area (TPSA) is 84.0 Å². The van der Waals surface area contributed by atoms with Crippen molar-refractivity contribution >= 4 is 45.7 Å². The fourth-order valence-electron chi connectivity index (χ4n) is 1.76. The van der Waals surface area contributed by atoms with Gasteiger partial charge in [0.15, 0.2) is 0 Å². The Kier molecular flexibility index (Phi) is 6.74. The monoisotopic (exact) mass is 364 g/mol. The smallest absolute Gasteiger partial charge is 0.239 e. The molecular formula is C16H20N4O2S2. The normalized spacial score (nSPS) is 11.8. The van der Waals surface area contributed by atoms with Crippen molar-refractivity contribution < 1.29 is 9.59 Å². The first-order chi connectivity index (χ1) is 11.5. The highest BCUT2D eigenvalue weighted by molar-refractivity contribution is 8.01. The first kappa shape index (κ1) is 18.4. The van der Waals surface area contributed by atoms with E-state index in [0.717, 1.165) is 22.7 Å². The molecule has 0 aliphatic carbocycles. The summed E-state index contributed by atoms with van der Waals surface area (Å²) in [6.45, 7) is 5.74. The van der Waals surface area contributed by atoms with E-state index in [1.54, 1.807) is 6.92 Å². The fourth-order valence-corrected chi connectivity index (χ4v) is 3.13. The maximum atomic E-state index is 12.1. The number of benzene rings is 1. The van der Waals surface area contributed by atoms with Crippen molar-refractivity contribution in [3.05, 3.63) is 34.8 Å². The van der Waals surface area contributed by atoms with Gasteiger partial charge in [0.25, 0.3) is 0 Å². The molecule has 0 spiro atoms. The Morgan fingerprint density at radius 2 is 1.92 bits per heavy atom. The lowest BCUT2D eigenvalue weighted by atomic mass is 10.2. The van der Waals surface area contributed by atoms with Gasteiger partial charge in [0.2, 0.25) is 16.9 Å². The third-order valence-corrected chi connectivity index (χ3v) is 5.29. The van der Waals surface area contributed by atoms with Crippen LogP contribution in [0.3, 0.4) is 0 Å². The molecule has 1 aromatic carbocycles. The van der Waals surface area contributed by atoms with Crippen molar-refractivity contribution in [3.63, 3.8) is 0 Å². The summed E-state index contributed by atoms with van der Waals surface area (Å²) in [7, 11) is 0. The van der Waals surface area contributed by atoms with Crippen LogP contribution >= 0.6 is 23.1 Å². The number of amides is 2. The predicted molar refractivity (Wildman–Crippen MR) is 99.6 cm³/mol. The Bertz CT molecular complexity index is 700. The van der Waals surface area contributed by atoms with E-state index in [-0.39, 0.29) is 22.8 Å². The summed E-state index contributed by atoms with van der Waals surface area (Å²) >= 11 is 2.64. The highest BCUT2D eigenvalue weighted by atomic mass is 32.2. The first-order valence-corrected chi connectivity index (χ1v) is 9.45. The number of nitrogens with zero attached hydrogens (tertiary/aromatic N) is 2. The molecule has 2 N–H and O–H groups in total. The van der Waals surface area contributed by atoms with E-state index >= 15 is 0 Å². The zero-order valence-electron chi connectivity index (χ0n) is 13.8. The Balaban J connectivity index is 1.76. The van der Waals surface area contributed by atoms with Gasteiger partial charge in [0.05, 0.1) is 11.0 Å². The molecule has 2 aromatic rings. The number of rotatable bonds is 7. The number of hydrogen-bond donors (Lipinski definition) is 2. The molecule has 0 aliphatic heterocycles. The molecule has 0 saturated carbocycles. The number of hydrogen-bond acceptors (Lipinski definition) is 6. The molecular weight excluding hydrogens is 344 g/mol. The summed E-state index contributed by atoms with van der Waals surface area (Å²) < 4.78 is 0. The first-order valence-electron chi connectivity index (χ1n) is 7.59. The maximum absolute atomic E-state index is 12.1. The number of anilines is 2. The molecule has 24 heavy (non-hydrogen) atoms. The van der Waals surface area contributed by atoms with Gasteiger partial charge in [-0.2, -0.15) is 0 Å². The van der Waals surface area contributed by atoms with Gasteiger partial charge < -0.3 is 5.32 Å². The van der Waals surface area contributed by atoms with Crippen LogP contribution in [0.4, 0.5) is 10.8 Å². The van der Waals surface area contributed by atoms with Gasteiger partial charge in [-0.25, -0.2) is 0 Å². The second-order valence-electron chi connectivity index (χ2n) is 5.21. The van der Waals surface area contributed by atoms with E-state index in [9.17, 15) is 9.59 Å². The van der Waals surface area contributed by atoms with Gasteiger partial charge in [-0.15, -0.1) is 22.0 Å². The van der Waals surface area contributed by atoms with Gasteiger partial charge in [0, 0.05) is 5.69 Å². The lowest BCUT2D eigenvalue weighted by molar-refractivity contribution is -0.115. The van der Waals surface area contributed by atoms with Crippen LogP contribution in [0.25, 0.3) is 0 Å². The van der Waals surface area contributed by atoms with Crippen LogP contribution in [0.2, 0.25) is 0 Å². The third-order valence-electron chi connectivity index (χ3n) is 3.17. The quantitative estimate of drug-likeness (QED) is 0.789. The molecule has 128 valence electrons. The summed E-state index contributed by atoms with van der Waals surface area (Å²) in [5, 5.41) is 14.4. The molecule has 2 rings (SSSR count). The number of nitrogens with one attached hydrogen (secondary N) is 2. The summed E-state index contributed by atoms with van der Waals surface area (Å²) in [5.74, 6) is -0.103. The molecule has 8 heteroatoms. The largest absolute Gasteiger partial charge is 0.325 e. The number of aromatic nitrogens is 2. The van der Waals surface area contributed by atoms with Crippen LogP contribution in [0.1, 0.15) is 24.4 Å². The van der Waals surface area contributed by atoms with Crippen molar-refractivity contribution in [2.24, 2.45) is 0 Å². The number of carbonyl (C=O) groups excluding carboxylic acids is 2. The van der Waals surface area contributed by atoms with Crippen LogP contribution in [0, 0.1) is 6.92 Å². The van der Waals surface area contributed by atoms with Gasteiger partial charge in [-0.05, 0) is 32.4 Å². The second-order valence-corrected chi connectivity index (χ2v) is 7.60. The number of aryl methyl sites for hydroxylation is 2. The summed E-state index contributed by atoms with van der Waals surface area (Å²) in [6, 6.07) is 7.58. The average molecular weight is 364 g/mol. The minimum atomic E-state index is -0.359. The molecule has 0 radical (unpaired) electrons. The van der Waals surface area contributed by atoms with Crippen LogP contribution in [0.5, 0.6) is 0 Å². The highest BCUT2D eigenvalue weighted by Crippen LogP contribution is 2.18. The van der Waals surface area contributed by atoms with Crippen molar-refractivity contribution in [3.8, 4) is 0 Å². The Hall–Kier alpha value is -1.93. The molecule has 0 fully saturated rings. The van der Waals surface area contributed by atoms with E-state index in [4.69, 9.17) is 0 Å². The summed E-state index contributed by atoms with van der Waals surface area (Å²) in [6.07, 6.45) is 0.789. The lowest BCUT2D eigenvalue weighted by Gasteiger charge is -2.10. The van der Waals surface area contributed by atoms with E-state index in [0.29, 0.717) is 5.13 Å². The predicted octanol–water partition coefficient (Wildman–Crippen LogP) is 3.11. The number of carbonyl (C=O) groups is 2. The fraction of sp³-hybridized carbons (Fsp3) is 0.375. The minimum absolute atomic E-state index is 0.132. The Morgan fingerprint density at radius 1 is 1.21 bits per heavy atom. The van der Waals surface area contributed by atoms with Crippen molar-refractivity contribution in [2.45, 2.75) is 32.4 Å². The van der Waals surface area contributed by atoms with Gasteiger partial charge >= 0.3 is 0 Å². The SMILES string of the molecule is CCc1nnc(NC(=O)C(C)SCC(=O)Nc2ccc(C)cc2)s1. The van der Waals surface area contributed by atoms with Crippen molar-refractivity contribution in [2.75, 3.05) is 16.4 Å². The minimum Gasteiger partial charge on any atom is -0.325 e. The van der Waals surface area contributed by atoms with Crippen LogP contribution in [-0.2, 0) is 16.0 Å². The molecule has 6 nitrogen and oxygen atoms in total. The van der Waals surface area contributed by atoms with E-state index < -0.39 is 0 Å². The Labute approximate surface area is 149 Å². The van der Waals surface area contributed by atoms with Gasteiger partial charge in [-0.3, -0.25) is 14.9 Å². The van der Waals surface area contributed by atoms with Crippen molar-refractivity contribution in [1.82, 2.24) is 10.2 Å². The highest BCUT2D eigenvalue weighted by Gasteiger charge is 2.17. The molecule has 2 amide bonds. The Morgan fingerprint density at radius 3 is 2.54 bits per heavy atom. The second kappa shape index (κ2) is 8.79. The van der Waals surface area contributed by atoms with Gasteiger partial charge in [-0.1, -0.05) is 36.0 Å². The summed E-state index contributed by atoms with van der Waals surface area (Å²) in [5.41, 5.74) is 1.89. The van der Waals surface area contributed by atoms with Crippen molar-refractivity contribution in [1.29, 1.82) is 0 Å². The summed E-state index contributed by atoms with van der Waals surface area (Å²) in [4.78, 5) is 24.0. The standard InChI is InChI=1S/C16H20N4O2S2/c1-4-14-19-20-16(24-14)18-15(22)11(3)23-9-13(21)17-12-7-5-10(2)6-8-12/h5-8,11H,4,9H2,1-3H3,(H,17,21)(H,18,20,22). The zero-order chi connectivity index (χ0) is 17.5. The molecule has 1 atom stereocenters. The van der Waals surface area contributed by atoms with Crippen LogP contribution in [0.15, 0.2) is 24.3 Å². The van der Waals surface area contributed by atoms with Crippen LogP contribution < -0.4 is 10.6 Å². The van der Waals surface area contributed by atoms with E-state index in [1.165, 1.54) is 23.1 Å². The van der Waals surface area contributed by atoms with E-state index in [1.807, 2.05) is 38.1 Å². The third kappa shape index (κ3) is 5.61. The van der Waals surface area contributed by atoms with E-state index in [2.05, 4.69) is 20.8 Å². The molecule has 0 saturated heterocycles.